The van der Waals surface area contributed by atoms with E-state index in [0.717, 1.165) is 55.8 Å². The number of anilines is 1. The van der Waals surface area contributed by atoms with Gasteiger partial charge in [0.25, 0.3) is 0 Å². The molecule has 0 radical (unpaired) electrons. The molecule has 5 heteroatoms. The molecule has 2 aliphatic rings. The largest absolute Gasteiger partial charge is 0.353 e. The van der Waals surface area contributed by atoms with Crippen LogP contribution in [0.2, 0.25) is 0 Å². The number of para-hydroxylation sites is 2. The number of nitrogens with zero attached hydrogens (tertiary/aromatic N) is 2. The number of nitrogens with one attached hydrogen (secondary N) is 2. The Morgan fingerprint density at radius 1 is 1.13 bits per heavy atom. The molecule has 1 aromatic carbocycles. The van der Waals surface area contributed by atoms with Gasteiger partial charge >= 0.3 is 0 Å². The minimum absolute atomic E-state index is 0.163. The predicted molar refractivity (Wildman–Crippen MR) is 91.4 cm³/mol. The highest BCUT2D eigenvalue weighted by molar-refractivity contribution is 5.80. The van der Waals surface area contributed by atoms with Gasteiger partial charge in [0, 0.05) is 25.0 Å². The summed E-state index contributed by atoms with van der Waals surface area (Å²) in [4.78, 5) is 22.7. The average Bonchev–Trinajstić information content (AvgIpc) is 3.24. The Kier molecular flexibility index (Phi) is 3.93. The number of aromatic nitrogens is 2. The van der Waals surface area contributed by atoms with Gasteiger partial charge in [-0.05, 0) is 37.8 Å². The number of carbonyl (C=O) groups excluding carboxylic acids is 1. The number of fused-ring (bicyclic) bond motifs is 1. The second-order valence-corrected chi connectivity index (χ2v) is 6.83. The summed E-state index contributed by atoms with van der Waals surface area (Å²) in [5.74, 6) is 1.36. The van der Waals surface area contributed by atoms with E-state index >= 15 is 0 Å². The van der Waals surface area contributed by atoms with Crippen molar-refractivity contribution in [2.45, 2.75) is 44.6 Å². The minimum Gasteiger partial charge on any atom is -0.353 e. The third-order valence-electron chi connectivity index (χ3n) is 5.24. The summed E-state index contributed by atoms with van der Waals surface area (Å²) < 4.78 is 0. The van der Waals surface area contributed by atoms with E-state index in [1.54, 1.807) is 0 Å². The van der Waals surface area contributed by atoms with Crippen molar-refractivity contribution in [3.05, 3.63) is 24.3 Å². The maximum absolute atomic E-state index is 12.4. The Balaban J connectivity index is 1.35. The highest BCUT2D eigenvalue weighted by atomic mass is 16.1. The fourth-order valence-corrected chi connectivity index (χ4v) is 3.83. The Hall–Kier alpha value is -2.04. The molecule has 122 valence electrons. The van der Waals surface area contributed by atoms with Crippen molar-refractivity contribution in [3.8, 4) is 0 Å². The fraction of sp³-hybridized carbons (Fsp3) is 0.556. The minimum atomic E-state index is 0.163. The number of carbonyl (C=O) groups is 1. The molecule has 1 amide bonds. The summed E-state index contributed by atoms with van der Waals surface area (Å²) in [6, 6.07) is 8.53. The molecule has 0 atom stereocenters. The summed E-state index contributed by atoms with van der Waals surface area (Å²) in [6.07, 6.45) is 6.66. The third kappa shape index (κ3) is 3.05. The van der Waals surface area contributed by atoms with Crippen LogP contribution in [0, 0.1) is 5.92 Å². The molecule has 1 aromatic heterocycles. The van der Waals surface area contributed by atoms with E-state index in [-0.39, 0.29) is 11.8 Å². The number of aromatic amines is 1. The van der Waals surface area contributed by atoms with Crippen molar-refractivity contribution < 1.29 is 4.79 Å². The highest BCUT2D eigenvalue weighted by Gasteiger charge is 2.28. The molecular weight excluding hydrogens is 288 g/mol. The number of hydrogen-bond acceptors (Lipinski definition) is 3. The van der Waals surface area contributed by atoms with Gasteiger partial charge in [0.1, 0.15) is 0 Å². The molecule has 1 saturated carbocycles. The Morgan fingerprint density at radius 2 is 1.87 bits per heavy atom. The van der Waals surface area contributed by atoms with Gasteiger partial charge in [-0.1, -0.05) is 25.0 Å². The van der Waals surface area contributed by atoms with Gasteiger partial charge < -0.3 is 15.2 Å². The maximum Gasteiger partial charge on any atom is 0.223 e. The number of benzene rings is 1. The van der Waals surface area contributed by atoms with E-state index in [1.165, 1.54) is 12.8 Å². The van der Waals surface area contributed by atoms with Crippen LogP contribution in [0.3, 0.4) is 0 Å². The molecule has 5 nitrogen and oxygen atoms in total. The van der Waals surface area contributed by atoms with Crippen molar-refractivity contribution in [2.75, 3.05) is 18.0 Å². The van der Waals surface area contributed by atoms with Crippen molar-refractivity contribution >= 4 is 22.9 Å². The number of imidazole rings is 1. The maximum atomic E-state index is 12.4. The van der Waals surface area contributed by atoms with E-state index in [1.807, 2.05) is 24.3 Å². The summed E-state index contributed by atoms with van der Waals surface area (Å²) in [7, 11) is 0. The second-order valence-electron chi connectivity index (χ2n) is 6.83. The van der Waals surface area contributed by atoms with Gasteiger partial charge in [-0.15, -0.1) is 0 Å². The quantitative estimate of drug-likeness (QED) is 0.916. The van der Waals surface area contributed by atoms with Crippen LogP contribution >= 0.6 is 0 Å². The number of amides is 1. The van der Waals surface area contributed by atoms with Gasteiger partial charge in [-0.2, -0.15) is 0 Å². The zero-order valence-electron chi connectivity index (χ0n) is 13.4. The van der Waals surface area contributed by atoms with Crippen LogP contribution in [0.25, 0.3) is 11.0 Å². The zero-order valence-corrected chi connectivity index (χ0v) is 13.4. The SMILES string of the molecule is O=C(NC1CCCC1)C1CCN(c2nc3ccccc3[nH]2)CC1. The summed E-state index contributed by atoms with van der Waals surface area (Å²) in [5, 5.41) is 3.24. The van der Waals surface area contributed by atoms with Crippen LogP contribution in [-0.2, 0) is 4.79 Å². The zero-order chi connectivity index (χ0) is 15.6. The molecule has 0 unspecified atom stereocenters. The van der Waals surface area contributed by atoms with Gasteiger partial charge in [-0.3, -0.25) is 4.79 Å². The van der Waals surface area contributed by atoms with E-state index < -0.39 is 0 Å². The van der Waals surface area contributed by atoms with Crippen LogP contribution < -0.4 is 10.2 Å². The van der Waals surface area contributed by atoms with E-state index in [2.05, 4.69) is 20.2 Å². The van der Waals surface area contributed by atoms with Gasteiger partial charge in [-0.25, -0.2) is 4.98 Å². The highest BCUT2D eigenvalue weighted by Crippen LogP contribution is 2.25. The molecule has 1 aliphatic heterocycles. The molecule has 2 aromatic rings. The van der Waals surface area contributed by atoms with Gasteiger partial charge in [0.05, 0.1) is 11.0 Å². The number of H-pyrrole nitrogens is 1. The predicted octanol–water partition coefficient (Wildman–Crippen LogP) is 2.84. The van der Waals surface area contributed by atoms with Crippen LogP contribution in [0.15, 0.2) is 24.3 Å². The Labute approximate surface area is 136 Å². The Morgan fingerprint density at radius 3 is 2.61 bits per heavy atom. The molecule has 2 fully saturated rings. The molecule has 0 bridgehead atoms. The third-order valence-corrected chi connectivity index (χ3v) is 5.24. The first kappa shape index (κ1) is 14.5. The molecule has 2 heterocycles. The topological polar surface area (TPSA) is 61.0 Å². The van der Waals surface area contributed by atoms with Crippen LogP contribution in [0.4, 0.5) is 5.95 Å². The second kappa shape index (κ2) is 6.22. The summed E-state index contributed by atoms with van der Waals surface area (Å²) >= 11 is 0. The lowest BCUT2D eigenvalue weighted by molar-refractivity contribution is -0.126. The van der Waals surface area contributed by atoms with Crippen LogP contribution in [0.1, 0.15) is 38.5 Å². The fourth-order valence-electron chi connectivity index (χ4n) is 3.83. The van der Waals surface area contributed by atoms with Crippen molar-refractivity contribution in [2.24, 2.45) is 5.92 Å². The smallest absolute Gasteiger partial charge is 0.223 e. The van der Waals surface area contributed by atoms with Gasteiger partial charge in [0.15, 0.2) is 0 Å². The molecule has 23 heavy (non-hydrogen) atoms. The van der Waals surface area contributed by atoms with Crippen molar-refractivity contribution in [1.82, 2.24) is 15.3 Å². The number of rotatable bonds is 3. The lowest BCUT2D eigenvalue weighted by Crippen LogP contribution is -2.43. The van der Waals surface area contributed by atoms with E-state index in [9.17, 15) is 4.79 Å². The number of piperidine rings is 1. The van der Waals surface area contributed by atoms with E-state index in [4.69, 9.17) is 0 Å². The normalized spacial score (nSPS) is 20.3. The molecule has 2 N–H and O–H groups in total. The Bertz CT molecular complexity index is 648. The van der Waals surface area contributed by atoms with Crippen molar-refractivity contribution in [1.29, 1.82) is 0 Å². The average molecular weight is 312 g/mol. The first-order chi connectivity index (χ1) is 11.3. The number of hydrogen-bond donors (Lipinski definition) is 2. The van der Waals surface area contributed by atoms with Crippen molar-refractivity contribution in [3.63, 3.8) is 0 Å². The molecule has 0 spiro atoms. The summed E-state index contributed by atoms with van der Waals surface area (Å²) in [6.45, 7) is 1.78. The molecule has 4 rings (SSSR count). The molecular formula is C18H24N4O. The van der Waals surface area contributed by atoms with Crippen LogP contribution in [-0.4, -0.2) is 35.0 Å². The van der Waals surface area contributed by atoms with Gasteiger partial charge in [0.2, 0.25) is 11.9 Å². The van der Waals surface area contributed by atoms with E-state index in [0.29, 0.717) is 6.04 Å². The first-order valence-corrected chi connectivity index (χ1v) is 8.80. The van der Waals surface area contributed by atoms with Crippen LogP contribution in [0.5, 0.6) is 0 Å². The monoisotopic (exact) mass is 312 g/mol. The lowest BCUT2D eigenvalue weighted by Gasteiger charge is -2.31. The standard InChI is InChI=1S/C18H24N4O/c23-17(19-14-5-1-2-6-14)13-9-11-22(12-10-13)18-20-15-7-3-4-8-16(15)21-18/h3-4,7-8,13-14H,1-2,5-6,9-12H2,(H,19,23)(H,20,21). The molecule has 1 saturated heterocycles. The molecule has 1 aliphatic carbocycles. The first-order valence-electron chi connectivity index (χ1n) is 8.80. The lowest BCUT2D eigenvalue weighted by atomic mass is 9.95. The summed E-state index contributed by atoms with van der Waals surface area (Å²) in [5.41, 5.74) is 2.08.